The highest BCUT2D eigenvalue weighted by Crippen LogP contribution is 2.12. The molecule has 0 saturated heterocycles. The third-order valence-corrected chi connectivity index (χ3v) is 3.29. The number of ether oxygens (including phenoxy) is 1. The Hall–Kier alpha value is -3.59. The number of carbonyl (C=O) groups is 1. The summed E-state index contributed by atoms with van der Waals surface area (Å²) in [7, 11) is 0. The number of nitrogens with one attached hydrogen (secondary N) is 1. The lowest BCUT2D eigenvalue weighted by molar-refractivity contribution is 0.0955. The van der Waals surface area contributed by atoms with Crippen molar-refractivity contribution in [2.75, 3.05) is 13.2 Å². The van der Waals surface area contributed by atoms with Gasteiger partial charge in [0.15, 0.2) is 0 Å². The molecule has 0 atom stereocenters. The van der Waals surface area contributed by atoms with Gasteiger partial charge in [-0.2, -0.15) is 0 Å². The number of para-hydroxylation sites is 1. The van der Waals surface area contributed by atoms with Gasteiger partial charge in [-0.1, -0.05) is 30.0 Å². The number of nitrogens with zero attached hydrogens (tertiary/aromatic N) is 1. The normalized spacial score (nSPS) is 9.92. The molecule has 0 aliphatic heterocycles. The van der Waals surface area contributed by atoms with E-state index in [1.54, 1.807) is 48.8 Å². The van der Waals surface area contributed by atoms with Crippen LogP contribution < -0.4 is 15.7 Å². The second-order valence-electron chi connectivity index (χ2n) is 5.00. The van der Waals surface area contributed by atoms with Gasteiger partial charge in [0, 0.05) is 11.6 Å². The Morgan fingerprint density at radius 2 is 2.08 bits per heavy atom. The van der Waals surface area contributed by atoms with Crippen LogP contribution in [0.3, 0.4) is 0 Å². The number of aromatic nitrogens is 1. The van der Waals surface area contributed by atoms with Crippen molar-refractivity contribution < 1.29 is 13.9 Å². The Bertz CT molecular complexity index is 1000. The first-order valence-corrected chi connectivity index (χ1v) is 7.54. The molecule has 6 nitrogen and oxygen atoms in total. The van der Waals surface area contributed by atoms with Gasteiger partial charge in [0.25, 0.3) is 5.91 Å². The van der Waals surface area contributed by atoms with Gasteiger partial charge in [0.05, 0.1) is 12.7 Å². The molecular formula is C19H14N2O4. The largest absolute Gasteiger partial charge is 0.479 e. The Morgan fingerprint density at radius 3 is 2.92 bits per heavy atom. The second-order valence-corrected chi connectivity index (χ2v) is 5.00. The Morgan fingerprint density at radius 1 is 1.20 bits per heavy atom. The van der Waals surface area contributed by atoms with Crippen LogP contribution in [0.15, 0.2) is 64.1 Å². The summed E-state index contributed by atoms with van der Waals surface area (Å²) in [4.78, 5) is 27.9. The number of hydrogen-bond donors (Lipinski definition) is 1. The molecular weight excluding hydrogens is 320 g/mol. The number of hydrogen-bond acceptors (Lipinski definition) is 5. The monoisotopic (exact) mass is 334 g/mol. The molecule has 1 aromatic carbocycles. The molecule has 1 amide bonds. The van der Waals surface area contributed by atoms with Crippen molar-refractivity contribution in [1.82, 2.24) is 10.3 Å². The molecule has 25 heavy (non-hydrogen) atoms. The lowest BCUT2D eigenvalue weighted by Gasteiger charge is -2.02. The molecule has 2 heterocycles. The van der Waals surface area contributed by atoms with Crippen LogP contribution in [0.1, 0.15) is 10.4 Å². The van der Waals surface area contributed by atoms with E-state index in [1.807, 2.05) is 0 Å². The highest BCUT2D eigenvalue weighted by molar-refractivity contribution is 5.96. The zero-order valence-electron chi connectivity index (χ0n) is 13.2. The number of amides is 1. The third-order valence-electron chi connectivity index (χ3n) is 3.29. The van der Waals surface area contributed by atoms with Gasteiger partial charge in [-0.25, -0.2) is 4.79 Å². The van der Waals surface area contributed by atoms with Crippen LogP contribution in [0.2, 0.25) is 0 Å². The molecule has 3 rings (SSSR count). The van der Waals surface area contributed by atoms with Crippen LogP contribution >= 0.6 is 0 Å². The zero-order chi connectivity index (χ0) is 17.5. The van der Waals surface area contributed by atoms with Crippen molar-refractivity contribution in [1.29, 1.82) is 0 Å². The summed E-state index contributed by atoms with van der Waals surface area (Å²) in [5.74, 6) is 5.62. The summed E-state index contributed by atoms with van der Waals surface area (Å²) in [6, 6.07) is 12.0. The molecule has 3 aromatic rings. The van der Waals surface area contributed by atoms with Gasteiger partial charge in [0.2, 0.25) is 0 Å². The highest BCUT2D eigenvalue weighted by Gasteiger charge is 2.12. The number of pyridine rings is 1. The van der Waals surface area contributed by atoms with E-state index in [2.05, 4.69) is 22.1 Å². The van der Waals surface area contributed by atoms with Gasteiger partial charge >= 0.3 is 5.63 Å². The molecule has 0 saturated carbocycles. The molecule has 0 fully saturated rings. The molecule has 0 unspecified atom stereocenters. The summed E-state index contributed by atoms with van der Waals surface area (Å²) in [6.45, 7) is 0.279. The van der Waals surface area contributed by atoms with E-state index in [4.69, 9.17) is 9.15 Å². The van der Waals surface area contributed by atoms with Gasteiger partial charge in [-0.05, 0) is 24.3 Å². The fourth-order valence-corrected chi connectivity index (χ4v) is 2.11. The van der Waals surface area contributed by atoms with Crippen LogP contribution in [-0.2, 0) is 0 Å². The standard InChI is InChI=1S/C19H14N2O4/c22-18(16-12-14-6-1-2-8-17(14)25-19(16)23)21-10-3-4-11-24-15-7-5-9-20-13-15/h1-2,5-9,12-13H,10-11H2,(H,21,22). The fourth-order valence-electron chi connectivity index (χ4n) is 2.11. The van der Waals surface area contributed by atoms with E-state index in [0.29, 0.717) is 16.7 Å². The van der Waals surface area contributed by atoms with Gasteiger partial charge in [0.1, 0.15) is 23.5 Å². The van der Waals surface area contributed by atoms with Gasteiger partial charge in [-0.3, -0.25) is 9.78 Å². The number of rotatable bonds is 4. The molecule has 0 radical (unpaired) electrons. The summed E-state index contributed by atoms with van der Waals surface area (Å²) in [5.41, 5.74) is -0.285. The summed E-state index contributed by atoms with van der Waals surface area (Å²) < 4.78 is 10.5. The molecule has 124 valence electrons. The Balaban J connectivity index is 1.56. The smallest absolute Gasteiger partial charge is 0.349 e. The maximum absolute atomic E-state index is 12.1. The van der Waals surface area contributed by atoms with Crippen molar-refractivity contribution in [3.05, 3.63) is 70.8 Å². The molecule has 0 bridgehead atoms. The maximum Gasteiger partial charge on any atom is 0.349 e. The second kappa shape index (κ2) is 7.79. The number of benzene rings is 1. The van der Waals surface area contributed by atoms with Crippen molar-refractivity contribution in [3.63, 3.8) is 0 Å². The minimum atomic E-state index is -0.677. The first-order valence-electron chi connectivity index (χ1n) is 7.54. The SMILES string of the molecule is O=C(NCC#CCOc1cccnc1)c1cc2ccccc2oc1=O. The van der Waals surface area contributed by atoms with Crippen LogP contribution in [0, 0.1) is 11.8 Å². The summed E-state index contributed by atoms with van der Waals surface area (Å²) in [5, 5.41) is 3.25. The van der Waals surface area contributed by atoms with E-state index in [1.165, 1.54) is 6.07 Å². The minimum Gasteiger partial charge on any atom is -0.479 e. The molecule has 2 aromatic heterocycles. The first kappa shape index (κ1) is 16.3. The van der Waals surface area contributed by atoms with E-state index >= 15 is 0 Å². The van der Waals surface area contributed by atoms with E-state index < -0.39 is 11.5 Å². The van der Waals surface area contributed by atoms with Crippen molar-refractivity contribution in [2.24, 2.45) is 0 Å². The topological polar surface area (TPSA) is 81.4 Å². The average Bonchev–Trinajstić information content (AvgIpc) is 2.64. The Kier molecular flexibility index (Phi) is 5.07. The average molecular weight is 334 g/mol. The van der Waals surface area contributed by atoms with Crippen LogP contribution in [0.5, 0.6) is 5.75 Å². The predicted octanol–water partition coefficient (Wildman–Crippen LogP) is 2.00. The van der Waals surface area contributed by atoms with Crippen molar-refractivity contribution in [3.8, 4) is 17.6 Å². The number of fused-ring (bicyclic) bond motifs is 1. The summed E-state index contributed by atoms with van der Waals surface area (Å²) >= 11 is 0. The lowest BCUT2D eigenvalue weighted by Crippen LogP contribution is -2.28. The van der Waals surface area contributed by atoms with Gasteiger partial charge < -0.3 is 14.5 Å². The first-order chi connectivity index (χ1) is 12.2. The van der Waals surface area contributed by atoms with E-state index in [0.717, 1.165) is 0 Å². The third kappa shape index (κ3) is 4.24. The molecule has 1 N–H and O–H groups in total. The zero-order valence-corrected chi connectivity index (χ0v) is 13.2. The van der Waals surface area contributed by atoms with Crippen LogP contribution in [-0.4, -0.2) is 24.0 Å². The van der Waals surface area contributed by atoms with E-state index in [-0.39, 0.29) is 18.7 Å². The van der Waals surface area contributed by atoms with E-state index in [9.17, 15) is 9.59 Å². The number of carbonyl (C=O) groups excluding carboxylic acids is 1. The highest BCUT2D eigenvalue weighted by atomic mass is 16.5. The van der Waals surface area contributed by atoms with Crippen molar-refractivity contribution in [2.45, 2.75) is 0 Å². The van der Waals surface area contributed by atoms with Gasteiger partial charge in [-0.15, -0.1) is 0 Å². The molecule has 6 heteroatoms. The lowest BCUT2D eigenvalue weighted by atomic mass is 10.2. The van der Waals surface area contributed by atoms with Crippen LogP contribution in [0.4, 0.5) is 0 Å². The minimum absolute atomic E-state index is 0.0490. The summed E-state index contributed by atoms with van der Waals surface area (Å²) in [6.07, 6.45) is 3.24. The quantitative estimate of drug-likeness (QED) is 0.583. The van der Waals surface area contributed by atoms with Crippen LogP contribution in [0.25, 0.3) is 11.0 Å². The Labute approximate surface area is 143 Å². The maximum atomic E-state index is 12.1. The molecule has 0 aliphatic carbocycles. The molecule has 0 spiro atoms. The fraction of sp³-hybridized carbons (Fsp3) is 0.105. The predicted molar refractivity (Wildman–Crippen MR) is 92.3 cm³/mol. The molecule has 0 aliphatic rings. The van der Waals surface area contributed by atoms with Crippen molar-refractivity contribution >= 4 is 16.9 Å².